The predicted octanol–water partition coefficient (Wildman–Crippen LogP) is 2.84. The van der Waals surface area contributed by atoms with Crippen LogP contribution in [0.3, 0.4) is 0 Å². The average Bonchev–Trinajstić information content (AvgIpc) is 2.98. The second-order valence-corrected chi connectivity index (χ2v) is 9.87. The molecule has 5 atom stereocenters. The summed E-state index contributed by atoms with van der Waals surface area (Å²) in [5.41, 5.74) is -0.0682. The highest BCUT2D eigenvalue weighted by Crippen LogP contribution is 2.38. The molecule has 1 saturated heterocycles. The van der Waals surface area contributed by atoms with Crippen LogP contribution in [0, 0.1) is 0 Å². The van der Waals surface area contributed by atoms with Crippen LogP contribution < -0.4 is 19.8 Å². The van der Waals surface area contributed by atoms with Gasteiger partial charge in [0.05, 0.1) is 12.5 Å². The molecule has 1 fully saturated rings. The Bertz CT molecular complexity index is 1600. The van der Waals surface area contributed by atoms with E-state index >= 15 is 0 Å². The smallest absolute Gasteiger partial charge is 0.383 e. The molecule has 0 amide bonds. The first-order valence-electron chi connectivity index (χ1n) is 13.8. The molecular formula is C31H32O14. The van der Waals surface area contributed by atoms with Crippen molar-refractivity contribution in [2.45, 2.75) is 65.0 Å². The van der Waals surface area contributed by atoms with Crippen molar-refractivity contribution in [3.05, 3.63) is 64.5 Å². The summed E-state index contributed by atoms with van der Waals surface area (Å²) < 4.78 is 50.4. The molecule has 3 aromatic rings. The molecule has 2 aromatic carbocycles. The van der Waals surface area contributed by atoms with E-state index in [1.807, 2.05) is 30.3 Å². The molecule has 0 spiro atoms. The number of carbonyl (C=O) groups excluding carboxylic acids is 4. The van der Waals surface area contributed by atoms with Crippen LogP contribution in [-0.4, -0.2) is 68.3 Å². The van der Waals surface area contributed by atoms with Gasteiger partial charge in [-0.2, -0.15) is 0 Å². The van der Waals surface area contributed by atoms with E-state index in [1.165, 1.54) is 13.2 Å². The first kappa shape index (κ1) is 32.8. The first-order chi connectivity index (χ1) is 21.5. The molecular weight excluding hydrogens is 596 g/mol. The van der Waals surface area contributed by atoms with Gasteiger partial charge in [-0.1, -0.05) is 30.3 Å². The standard InChI is InChI=1S/C31H32O14/c1-16(32)38-15-24-26(40-17(2)33)27(41-18(3)34)29(42-19(4)35)31(44-24)45-28-25(39-14-20-9-7-6-8-10-20)22-13-21(37-5)11-12-23(22)43-30(28)36/h6-13,24,26-27,29,31H,14-15H2,1-5H3/t24-,26-,27+,29-,31+/m1/s1. The molecule has 1 aliphatic rings. The Morgan fingerprint density at radius 3 is 2.04 bits per heavy atom. The number of benzene rings is 2. The second kappa shape index (κ2) is 14.6. The molecule has 0 aliphatic carbocycles. The van der Waals surface area contributed by atoms with Crippen LogP contribution in [-0.2, 0) is 49.5 Å². The molecule has 0 N–H and O–H groups in total. The van der Waals surface area contributed by atoms with Gasteiger partial charge in [-0.15, -0.1) is 0 Å². The summed E-state index contributed by atoms with van der Waals surface area (Å²) in [5, 5.41) is 0.297. The van der Waals surface area contributed by atoms with E-state index in [4.69, 9.17) is 42.3 Å². The summed E-state index contributed by atoms with van der Waals surface area (Å²) in [7, 11) is 1.46. The summed E-state index contributed by atoms with van der Waals surface area (Å²) in [6.07, 6.45) is -7.53. The number of hydrogen-bond donors (Lipinski definition) is 0. The van der Waals surface area contributed by atoms with Crippen LogP contribution in [0.15, 0.2) is 57.7 Å². The summed E-state index contributed by atoms with van der Waals surface area (Å²) in [4.78, 5) is 61.5. The van der Waals surface area contributed by atoms with Crippen LogP contribution >= 0.6 is 0 Å². The second-order valence-electron chi connectivity index (χ2n) is 9.87. The monoisotopic (exact) mass is 628 g/mol. The number of ether oxygens (including phenoxy) is 8. The Morgan fingerprint density at radius 2 is 1.42 bits per heavy atom. The Labute approximate surface area is 257 Å². The molecule has 1 aromatic heterocycles. The van der Waals surface area contributed by atoms with E-state index in [-0.39, 0.29) is 17.9 Å². The highest BCUT2D eigenvalue weighted by molar-refractivity contribution is 5.87. The lowest BCUT2D eigenvalue weighted by Gasteiger charge is -2.43. The van der Waals surface area contributed by atoms with E-state index in [9.17, 15) is 24.0 Å². The lowest BCUT2D eigenvalue weighted by molar-refractivity contribution is -0.289. The third-order valence-electron chi connectivity index (χ3n) is 6.43. The number of fused-ring (bicyclic) bond motifs is 1. The molecule has 240 valence electrons. The maximum Gasteiger partial charge on any atom is 0.383 e. The van der Waals surface area contributed by atoms with E-state index in [0.29, 0.717) is 11.1 Å². The largest absolute Gasteiger partial charge is 0.497 e. The molecule has 14 heteroatoms. The Hall–Kier alpha value is -5.11. The van der Waals surface area contributed by atoms with Crippen LogP contribution in [0.4, 0.5) is 0 Å². The normalized spacial score (nSPS) is 20.9. The van der Waals surface area contributed by atoms with Gasteiger partial charge < -0.3 is 42.3 Å². The zero-order valence-electron chi connectivity index (χ0n) is 25.1. The van der Waals surface area contributed by atoms with E-state index < -0.39 is 72.6 Å². The molecule has 14 nitrogen and oxygen atoms in total. The maximum atomic E-state index is 13.4. The fraction of sp³-hybridized carbons (Fsp3) is 0.387. The summed E-state index contributed by atoms with van der Waals surface area (Å²) in [5.74, 6) is -3.28. The molecule has 0 unspecified atom stereocenters. The van der Waals surface area contributed by atoms with Crippen molar-refractivity contribution in [3.63, 3.8) is 0 Å². The zero-order valence-corrected chi connectivity index (χ0v) is 25.1. The molecule has 2 heterocycles. The highest BCUT2D eigenvalue weighted by Gasteiger charge is 2.53. The van der Waals surface area contributed by atoms with E-state index in [2.05, 4.69) is 0 Å². The van der Waals surface area contributed by atoms with Crippen LogP contribution in [0.1, 0.15) is 33.3 Å². The predicted molar refractivity (Wildman–Crippen MR) is 152 cm³/mol. The first-order valence-corrected chi connectivity index (χ1v) is 13.8. The van der Waals surface area contributed by atoms with E-state index in [0.717, 1.165) is 33.3 Å². The third-order valence-corrected chi connectivity index (χ3v) is 6.43. The molecule has 45 heavy (non-hydrogen) atoms. The lowest BCUT2D eigenvalue weighted by Crippen LogP contribution is -2.63. The van der Waals surface area contributed by atoms with Gasteiger partial charge in [0.15, 0.2) is 18.0 Å². The summed E-state index contributed by atoms with van der Waals surface area (Å²) in [6.45, 7) is 3.93. The van der Waals surface area contributed by atoms with Gasteiger partial charge in [0.25, 0.3) is 5.75 Å². The van der Waals surface area contributed by atoms with Crippen LogP contribution in [0.5, 0.6) is 17.2 Å². The van der Waals surface area contributed by atoms with Crippen LogP contribution in [0.25, 0.3) is 11.0 Å². The minimum atomic E-state index is -1.70. The lowest BCUT2D eigenvalue weighted by atomic mass is 9.98. The van der Waals surface area contributed by atoms with Crippen molar-refractivity contribution in [3.8, 4) is 17.2 Å². The maximum absolute atomic E-state index is 13.4. The number of hydrogen-bond acceptors (Lipinski definition) is 14. The third kappa shape index (κ3) is 8.29. The van der Waals surface area contributed by atoms with Gasteiger partial charge >= 0.3 is 29.5 Å². The van der Waals surface area contributed by atoms with Crippen molar-refractivity contribution in [1.82, 2.24) is 0 Å². The fourth-order valence-electron chi connectivity index (χ4n) is 4.64. The number of methoxy groups -OCH3 is 1. The Kier molecular flexibility index (Phi) is 10.6. The summed E-state index contributed by atoms with van der Waals surface area (Å²) >= 11 is 0. The van der Waals surface area contributed by atoms with Crippen molar-refractivity contribution in [2.75, 3.05) is 13.7 Å². The molecule has 0 radical (unpaired) electrons. The van der Waals surface area contributed by atoms with Crippen molar-refractivity contribution < 1.29 is 61.5 Å². The summed E-state index contributed by atoms with van der Waals surface area (Å²) in [6, 6.07) is 13.8. The van der Waals surface area contributed by atoms with E-state index in [1.54, 1.807) is 12.1 Å². The van der Waals surface area contributed by atoms with Crippen molar-refractivity contribution in [2.24, 2.45) is 0 Å². The van der Waals surface area contributed by atoms with Crippen LogP contribution in [0.2, 0.25) is 0 Å². The number of esters is 4. The van der Waals surface area contributed by atoms with Gasteiger partial charge in [-0.3, -0.25) is 19.2 Å². The molecule has 4 rings (SSSR count). The average molecular weight is 629 g/mol. The number of carbonyl (C=O) groups is 4. The quantitative estimate of drug-likeness (QED) is 0.172. The fourth-order valence-corrected chi connectivity index (χ4v) is 4.64. The SMILES string of the molecule is COc1ccc2oc(=O)c(O[C@@H]3O[C@H](COC(C)=O)[C@@H](OC(C)=O)[C@H](OC(C)=O)[C@H]3OC(C)=O)c(OCc3ccccc3)c2c1. The van der Waals surface area contributed by atoms with Gasteiger partial charge in [-0.25, -0.2) is 4.79 Å². The minimum absolute atomic E-state index is 0.00549. The molecule has 0 bridgehead atoms. The van der Waals surface area contributed by atoms with Gasteiger partial charge in [0.2, 0.25) is 12.4 Å². The van der Waals surface area contributed by atoms with Crippen molar-refractivity contribution in [1.29, 1.82) is 0 Å². The molecule has 0 saturated carbocycles. The zero-order chi connectivity index (χ0) is 32.7. The highest BCUT2D eigenvalue weighted by atomic mass is 16.7. The minimum Gasteiger partial charge on any atom is -0.497 e. The number of rotatable bonds is 11. The topological polar surface area (TPSA) is 172 Å². The van der Waals surface area contributed by atoms with Gasteiger partial charge in [-0.05, 0) is 23.8 Å². The van der Waals surface area contributed by atoms with Gasteiger partial charge in [0, 0.05) is 27.7 Å². The Balaban J connectivity index is 1.84. The van der Waals surface area contributed by atoms with Crippen molar-refractivity contribution >= 4 is 34.8 Å². The Morgan fingerprint density at radius 1 is 0.778 bits per heavy atom. The molecule has 1 aliphatic heterocycles. The van der Waals surface area contributed by atoms with Gasteiger partial charge in [0.1, 0.15) is 30.7 Å².